The summed E-state index contributed by atoms with van der Waals surface area (Å²) < 4.78 is 0. The maximum atomic E-state index is 11.2. The lowest BCUT2D eigenvalue weighted by atomic mass is 10.0. The third-order valence-corrected chi connectivity index (χ3v) is 3.67. The van der Waals surface area contributed by atoms with Crippen LogP contribution in [0.1, 0.15) is 11.1 Å². The Morgan fingerprint density at radius 1 is 1.00 bits per heavy atom. The van der Waals surface area contributed by atoms with Crippen LogP contribution in [-0.4, -0.2) is 10.9 Å². The molecule has 2 N–H and O–H groups in total. The van der Waals surface area contributed by atoms with Crippen molar-refractivity contribution in [2.24, 2.45) is 5.73 Å². The lowest BCUT2D eigenvalue weighted by Gasteiger charge is -2.10. The van der Waals surface area contributed by atoms with Crippen LogP contribution in [0.3, 0.4) is 0 Å². The molecule has 0 aliphatic carbocycles. The Hall–Kier alpha value is -2.00. The van der Waals surface area contributed by atoms with E-state index in [2.05, 4.69) is 18.2 Å². The Morgan fingerprint density at radius 3 is 2.32 bits per heavy atom. The number of primary amides is 1. The maximum Gasteiger partial charge on any atom is 0.315 e. The zero-order valence-corrected chi connectivity index (χ0v) is 11.0. The Kier molecular flexibility index (Phi) is 2.91. The zero-order valence-electron chi connectivity index (χ0n) is 10.3. The highest BCUT2D eigenvalue weighted by Gasteiger charge is 2.21. The molecule has 4 heteroatoms. The summed E-state index contributed by atoms with van der Waals surface area (Å²) in [5, 5.41) is 0.727. The molecular weight excluding hydrogens is 260 g/mol. The van der Waals surface area contributed by atoms with E-state index >= 15 is 0 Å². The van der Waals surface area contributed by atoms with Gasteiger partial charge in [0.25, 0.3) is 0 Å². The molecule has 0 bridgehead atoms. The van der Waals surface area contributed by atoms with Gasteiger partial charge in [-0.15, -0.1) is 0 Å². The van der Waals surface area contributed by atoms with Crippen LogP contribution >= 0.6 is 11.6 Å². The number of amides is 2. The van der Waals surface area contributed by atoms with Gasteiger partial charge >= 0.3 is 6.03 Å². The first-order valence-electron chi connectivity index (χ1n) is 6.05. The summed E-state index contributed by atoms with van der Waals surface area (Å²) >= 11 is 5.89. The number of nitrogens with zero attached hydrogens (tertiary/aromatic N) is 1. The van der Waals surface area contributed by atoms with E-state index in [-0.39, 0.29) is 6.03 Å². The van der Waals surface area contributed by atoms with Crippen LogP contribution in [0.2, 0.25) is 5.02 Å². The molecular formula is C15H13ClN2O. The number of nitrogens with two attached hydrogens (primary N) is 1. The topological polar surface area (TPSA) is 46.3 Å². The Bertz CT molecular complexity index is 637. The van der Waals surface area contributed by atoms with Gasteiger partial charge < -0.3 is 10.6 Å². The van der Waals surface area contributed by atoms with Crippen molar-refractivity contribution in [2.75, 3.05) is 0 Å². The van der Waals surface area contributed by atoms with E-state index in [4.69, 9.17) is 17.3 Å². The van der Waals surface area contributed by atoms with E-state index in [0.717, 1.165) is 27.3 Å². The molecule has 0 saturated heterocycles. The van der Waals surface area contributed by atoms with E-state index in [9.17, 15) is 4.79 Å². The second-order valence-electron chi connectivity index (χ2n) is 4.68. The Balaban J connectivity index is 1.93. The number of rotatable bonds is 1. The molecule has 0 aromatic heterocycles. The average Bonchev–Trinajstić information content (AvgIpc) is 2.82. The lowest BCUT2D eigenvalue weighted by molar-refractivity contribution is 0.208. The van der Waals surface area contributed by atoms with E-state index < -0.39 is 0 Å². The van der Waals surface area contributed by atoms with Gasteiger partial charge in [0.05, 0.1) is 0 Å². The van der Waals surface area contributed by atoms with Gasteiger partial charge in [-0.05, 0) is 40.5 Å². The number of carbonyl (C=O) groups is 1. The van der Waals surface area contributed by atoms with Gasteiger partial charge in [0.15, 0.2) is 0 Å². The molecule has 2 amide bonds. The number of halogens is 1. The number of benzene rings is 2. The van der Waals surface area contributed by atoms with Crippen molar-refractivity contribution >= 4 is 17.6 Å². The summed E-state index contributed by atoms with van der Waals surface area (Å²) in [5.41, 5.74) is 9.88. The van der Waals surface area contributed by atoms with Gasteiger partial charge in [-0.3, -0.25) is 0 Å². The molecule has 0 fully saturated rings. The fourth-order valence-electron chi connectivity index (χ4n) is 2.37. The minimum atomic E-state index is -0.371. The average molecular weight is 273 g/mol. The van der Waals surface area contributed by atoms with Crippen molar-refractivity contribution in [1.82, 2.24) is 4.90 Å². The molecule has 0 spiro atoms. The molecule has 3 nitrogen and oxygen atoms in total. The summed E-state index contributed by atoms with van der Waals surface area (Å²) in [6.07, 6.45) is 0. The predicted molar refractivity (Wildman–Crippen MR) is 75.7 cm³/mol. The largest absolute Gasteiger partial charge is 0.351 e. The molecule has 0 unspecified atom stereocenters. The molecule has 0 atom stereocenters. The number of fused-ring (bicyclic) bond motifs is 1. The normalized spacial score (nSPS) is 13.4. The zero-order chi connectivity index (χ0) is 13.4. The van der Waals surface area contributed by atoms with Crippen LogP contribution in [0.4, 0.5) is 4.79 Å². The minimum Gasteiger partial charge on any atom is -0.351 e. The van der Waals surface area contributed by atoms with Crippen LogP contribution in [0.15, 0.2) is 42.5 Å². The molecule has 0 saturated carbocycles. The fraction of sp³-hybridized carbons (Fsp3) is 0.133. The van der Waals surface area contributed by atoms with Crippen LogP contribution in [0, 0.1) is 0 Å². The number of carbonyl (C=O) groups excluding carboxylic acids is 1. The van der Waals surface area contributed by atoms with Crippen molar-refractivity contribution in [2.45, 2.75) is 13.1 Å². The molecule has 3 rings (SSSR count). The van der Waals surface area contributed by atoms with Gasteiger partial charge in [-0.1, -0.05) is 35.9 Å². The fourth-order valence-corrected chi connectivity index (χ4v) is 2.50. The highest BCUT2D eigenvalue weighted by molar-refractivity contribution is 6.30. The predicted octanol–water partition coefficient (Wildman–Crippen LogP) is 3.40. The van der Waals surface area contributed by atoms with Crippen LogP contribution in [-0.2, 0) is 13.1 Å². The molecule has 2 aromatic rings. The summed E-state index contributed by atoms with van der Waals surface area (Å²) in [6.45, 7) is 1.19. The third kappa shape index (κ3) is 2.29. The highest BCUT2D eigenvalue weighted by atomic mass is 35.5. The first-order valence-corrected chi connectivity index (χ1v) is 6.43. The van der Waals surface area contributed by atoms with Crippen LogP contribution in [0.25, 0.3) is 11.1 Å². The standard InChI is InChI=1S/C15H13ClN2O/c16-14-5-3-10(4-6-14)11-1-2-12-8-18(15(17)19)9-13(12)7-11/h1-7H,8-9H2,(H2,17,19). The van der Waals surface area contributed by atoms with Gasteiger partial charge in [0.1, 0.15) is 0 Å². The molecule has 1 aliphatic rings. The maximum absolute atomic E-state index is 11.2. The van der Waals surface area contributed by atoms with Crippen molar-refractivity contribution in [3.8, 4) is 11.1 Å². The third-order valence-electron chi connectivity index (χ3n) is 3.42. The molecule has 19 heavy (non-hydrogen) atoms. The van der Waals surface area contributed by atoms with E-state index in [1.165, 1.54) is 0 Å². The smallest absolute Gasteiger partial charge is 0.315 e. The second kappa shape index (κ2) is 4.59. The highest BCUT2D eigenvalue weighted by Crippen LogP contribution is 2.28. The molecule has 0 radical (unpaired) electrons. The van der Waals surface area contributed by atoms with Crippen LogP contribution < -0.4 is 5.73 Å². The van der Waals surface area contributed by atoms with Gasteiger partial charge in [-0.25, -0.2) is 4.79 Å². The summed E-state index contributed by atoms with van der Waals surface area (Å²) in [5.74, 6) is 0. The molecule has 1 aliphatic heterocycles. The van der Waals surface area contributed by atoms with E-state index in [1.807, 2.05) is 24.3 Å². The molecule has 96 valence electrons. The van der Waals surface area contributed by atoms with Crippen molar-refractivity contribution in [3.63, 3.8) is 0 Å². The summed E-state index contributed by atoms with van der Waals surface area (Å²) in [4.78, 5) is 12.8. The second-order valence-corrected chi connectivity index (χ2v) is 5.12. The Labute approximate surface area is 116 Å². The Morgan fingerprint density at radius 2 is 1.63 bits per heavy atom. The summed E-state index contributed by atoms with van der Waals surface area (Å²) in [6, 6.07) is 13.6. The number of hydrogen-bond acceptors (Lipinski definition) is 1. The quantitative estimate of drug-likeness (QED) is 0.850. The number of urea groups is 1. The van der Waals surface area contributed by atoms with Gasteiger partial charge in [-0.2, -0.15) is 0 Å². The summed E-state index contributed by atoms with van der Waals surface area (Å²) in [7, 11) is 0. The van der Waals surface area contributed by atoms with Crippen molar-refractivity contribution in [1.29, 1.82) is 0 Å². The minimum absolute atomic E-state index is 0.371. The van der Waals surface area contributed by atoms with E-state index in [1.54, 1.807) is 4.90 Å². The first-order chi connectivity index (χ1) is 9.13. The first kappa shape index (κ1) is 12.1. The van der Waals surface area contributed by atoms with E-state index in [0.29, 0.717) is 13.1 Å². The van der Waals surface area contributed by atoms with Crippen molar-refractivity contribution < 1.29 is 4.79 Å². The van der Waals surface area contributed by atoms with Gasteiger partial charge in [0, 0.05) is 18.1 Å². The van der Waals surface area contributed by atoms with Crippen molar-refractivity contribution in [3.05, 3.63) is 58.6 Å². The lowest BCUT2D eigenvalue weighted by Crippen LogP contribution is -2.30. The SMILES string of the molecule is NC(=O)N1Cc2ccc(-c3ccc(Cl)cc3)cc2C1. The monoisotopic (exact) mass is 272 g/mol. The molecule has 2 aromatic carbocycles. The van der Waals surface area contributed by atoms with Crippen LogP contribution in [0.5, 0.6) is 0 Å². The van der Waals surface area contributed by atoms with Gasteiger partial charge in [0.2, 0.25) is 0 Å². The molecule has 1 heterocycles. The number of hydrogen-bond donors (Lipinski definition) is 1.